The zero-order valence-electron chi connectivity index (χ0n) is 31.4. The van der Waals surface area contributed by atoms with Crippen LogP contribution in [-0.4, -0.2) is 181 Å². The molecule has 0 radical (unpaired) electrons. The molecule has 3 aliphatic rings. The Hall–Kier alpha value is -1.39. The summed E-state index contributed by atoms with van der Waals surface area (Å²) in [6, 6.07) is 0. The number of carbonyl (C=O) groups excluding carboxylic acids is 2. The number of hydrogen-bond acceptors (Lipinski definition) is 21. The van der Waals surface area contributed by atoms with Crippen molar-refractivity contribution in [2.24, 2.45) is 0 Å². The second-order valence-electron chi connectivity index (χ2n) is 14.6. The van der Waals surface area contributed by atoms with Gasteiger partial charge in [-0.3, -0.25) is 9.59 Å². The SMILES string of the molecule is CCCCCCCCCCCCCCCC(=O)C(=O)[C@@]1(O)OS(=O)(=O)O[C@@]1(O)[C@H](O)[C@H](O)CO[C@H]1O[C@H](CO[C@H]2O[C@H](CO)[C@@H](O)[C@H](O)[C@H]2O)[C@@H](O)[C@H](O)[C@H]1O. The number of ether oxygens (including phenoxy) is 4. The monoisotopic (exact) mass is 836 g/mol. The standard InChI is InChI=1S/C34H60O21S/c1-2-3-4-5-6-7-8-9-10-11-12-13-14-15-19(36)29(44)33(46)34(47,55-56(48,49)54-33)30(45)20(37)17-50-31-28(43)26(41)24(39)22(53-31)18-51-32-27(42)25(40)23(38)21(16-35)52-32/h20-28,30-32,35,37-43,45-47H,2-18H2,1H3/t20-,21-,22-,23-,24-,25+,26+,27-,28-,30-,31+,32+,33-,34+/m1/s1. The van der Waals surface area contributed by atoms with Crippen molar-refractivity contribution in [2.75, 3.05) is 19.8 Å². The Kier molecular flexibility index (Phi) is 19.5. The minimum Gasteiger partial charge on any atom is -0.394 e. The lowest BCUT2D eigenvalue weighted by Gasteiger charge is -2.43. The summed E-state index contributed by atoms with van der Waals surface area (Å²) < 4.78 is 53.9. The molecule has 3 aliphatic heterocycles. The van der Waals surface area contributed by atoms with Gasteiger partial charge in [0.05, 0.1) is 19.8 Å². The highest BCUT2D eigenvalue weighted by Gasteiger charge is 2.73. The highest BCUT2D eigenvalue weighted by Crippen LogP contribution is 2.41. The Balaban J connectivity index is 1.53. The molecule has 328 valence electrons. The average Bonchev–Trinajstić information content (AvgIpc) is 3.37. The Morgan fingerprint density at radius 1 is 0.661 bits per heavy atom. The normalized spacial score (nSPS) is 37.0. The summed E-state index contributed by atoms with van der Waals surface area (Å²) >= 11 is 0. The molecule has 3 heterocycles. The first-order chi connectivity index (χ1) is 26.3. The molecular formula is C34H60O21S. The fourth-order valence-corrected chi connectivity index (χ4v) is 7.67. The zero-order valence-corrected chi connectivity index (χ0v) is 32.2. The minimum atomic E-state index is -5.46. The lowest BCUT2D eigenvalue weighted by atomic mass is 9.90. The number of carbonyl (C=O) groups is 2. The van der Waals surface area contributed by atoms with Crippen LogP contribution >= 0.6 is 0 Å². The molecule has 21 nitrogen and oxygen atoms in total. The van der Waals surface area contributed by atoms with Crippen LogP contribution in [0.4, 0.5) is 0 Å². The van der Waals surface area contributed by atoms with Crippen LogP contribution in [0, 0.1) is 0 Å². The number of rotatable bonds is 25. The average molecular weight is 837 g/mol. The fraction of sp³-hybridized carbons (Fsp3) is 0.941. The third-order valence-corrected chi connectivity index (χ3v) is 11.0. The van der Waals surface area contributed by atoms with Gasteiger partial charge in [-0.1, -0.05) is 84.0 Å². The largest absolute Gasteiger partial charge is 0.406 e. The molecule has 0 saturated carbocycles. The Morgan fingerprint density at radius 3 is 1.64 bits per heavy atom. The van der Waals surface area contributed by atoms with Crippen LogP contribution in [0.3, 0.4) is 0 Å². The summed E-state index contributed by atoms with van der Waals surface area (Å²) in [6.07, 6.45) is -11.0. The number of Topliss-reactive ketones (excluding diaryl/α,β-unsaturated/α-hetero) is 2. The summed E-state index contributed by atoms with van der Waals surface area (Å²) in [5.41, 5.74) is 0. The molecule has 0 aromatic heterocycles. The van der Waals surface area contributed by atoms with Gasteiger partial charge in [0.25, 0.3) is 11.6 Å². The van der Waals surface area contributed by atoms with Gasteiger partial charge in [0.2, 0.25) is 5.78 Å². The molecular weight excluding hydrogens is 776 g/mol. The first-order valence-corrected chi connectivity index (χ1v) is 20.5. The summed E-state index contributed by atoms with van der Waals surface area (Å²) in [5, 5.41) is 114. The summed E-state index contributed by atoms with van der Waals surface area (Å²) in [5.74, 6) is -11.4. The minimum absolute atomic E-state index is 0.169. The van der Waals surface area contributed by atoms with Crippen LogP contribution in [0.5, 0.6) is 0 Å². The molecule has 3 rings (SSSR count). The first-order valence-electron chi connectivity index (χ1n) is 19.1. The van der Waals surface area contributed by atoms with Crippen molar-refractivity contribution >= 4 is 22.0 Å². The highest BCUT2D eigenvalue weighted by molar-refractivity contribution is 7.82. The van der Waals surface area contributed by atoms with Crippen molar-refractivity contribution in [3.8, 4) is 0 Å². The maximum atomic E-state index is 13.0. The van der Waals surface area contributed by atoms with E-state index in [1.807, 2.05) is 0 Å². The van der Waals surface area contributed by atoms with E-state index in [0.29, 0.717) is 6.42 Å². The van der Waals surface area contributed by atoms with E-state index in [-0.39, 0.29) is 6.42 Å². The molecule has 0 aliphatic carbocycles. The van der Waals surface area contributed by atoms with Crippen LogP contribution < -0.4 is 0 Å². The van der Waals surface area contributed by atoms with Crippen molar-refractivity contribution in [3.63, 3.8) is 0 Å². The quantitative estimate of drug-likeness (QED) is 0.0316. The van der Waals surface area contributed by atoms with Crippen molar-refractivity contribution in [3.05, 3.63) is 0 Å². The number of unbranched alkanes of at least 4 members (excludes halogenated alkanes) is 12. The Morgan fingerprint density at radius 2 is 1.12 bits per heavy atom. The maximum absolute atomic E-state index is 13.0. The second-order valence-corrected chi connectivity index (χ2v) is 15.7. The van der Waals surface area contributed by atoms with Crippen LogP contribution in [-0.2, 0) is 47.3 Å². The van der Waals surface area contributed by atoms with Gasteiger partial charge in [0.1, 0.15) is 61.0 Å². The number of ketones is 2. The van der Waals surface area contributed by atoms with Crippen molar-refractivity contribution in [1.82, 2.24) is 0 Å². The lowest BCUT2D eigenvalue weighted by Crippen LogP contribution is -2.67. The van der Waals surface area contributed by atoms with Gasteiger partial charge in [-0.2, -0.15) is 12.6 Å². The van der Waals surface area contributed by atoms with E-state index in [0.717, 1.165) is 32.1 Å². The van der Waals surface area contributed by atoms with Gasteiger partial charge in [0, 0.05) is 6.42 Å². The Labute approximate surface area is 325 Å². The molecule has 0 aromatic rings. The molecule has 3 fully saturated rings. The first kappa shape index (κ1) is 49.0. The fourth-order valence-electron chi connectivity index (χ4n) is 6.62. The Bertz CT molecular complexity index is 1320. The predicted molar refractivity (Wildman–Crippen MR) is 186 cm³/mol. The smallest absolute Gasteiger partial charge is 0.394 e. The van der Waals surface area contributed by atoms with Crippen LogP contribution in [0.15, 0.2) is 0 Å². The molecule has 22 heteroatoms. The third-order valence-electron chi connectivity index (χ3n) is 10.1. The second kappa shape index (κ2) is 22.3. The number of hydrogen-bond donors (Lipinski definition) is 11. The number of aliphatic hydroxyl groups excluding tert-OH is 9. The van der Waals surface area contributed by atoms with Gasteiger partial charge < -0.3 is 75.1 Å². The molecule has 0 aromatic carbocycles. The van der Waals surface area contributed by atoms with Crippen molar-refractivity contribution < 1.29 is 101 Å². The van der Waals surface area contributed by atoms with Crippen molar-refractivity contribution in [1.29, 1.82) is 0 Å². The molecule has 11 N–H and O–H groups in total. The van der Waals surface area contributed by atoms with E-state index in [4.69, 9.17) is 18.9 Å². The maximum Gasteiger partial charge on any atom is 0.406 e. The van der Waals surface area contributed by atoms with Crippen LogP contribution in [0.25, 0.3) is 0 Å². The summed E-state index contributed by atoms with van der Waals surface area (Å²) in [6.45, 7) is -0.578. The highest BCUT2D eigenvalue weighted by atomic mass is 32.3. The predicted octanol–water partition coefficient (Wildman–Crippen LogP) is -3.36. The molecule has 0 unspecified atom stereocenters. The van der Waals surface area contributed by atoms with Gasteiger partial charge in [0.15, 0.2) is 12.6 Å². The number of aliphatic hydroxyl groups is 11. The zero-order chi connectivity index (χ0) is 41.8. The van der Waals surface area contributed by atoms with Gasteiger partial charge in [-0.05, 0) is 6.42 Å². The summed E-state index contributed by atoms with van der Waals surface area (Å²) in [4.78, 5) is 25.8. The van der Waals surface area contributed by atoms with Crippen molar-refractivity contribution in [2.45, 2.75) is 182 Å². The molecule has 0 bridgehead atoms. The van der Waals surface area contributed by atoms with E-state index in [1.165, 1.54) is 38.5 Å². The third kappa shape index (κ3) is 12.3. The van der Waals surface area contributed by atoms with Gasteiger partial charge in [-0.15, -0.1) is 0 Å². The van der Waals surface area contributed by atoms with Crippen LogP contribution in [0.1, 0.15) is 96.8 Å². The van der Waals surface area contributed by atoms with Gasteiger partial charge >= 0.3 is 16.2 Å². The van der Waals surface area contributed by atoms with E-state index < -0.39 is 133 Å². The molecule has 3 saturated heterocycles. The van der Waals surface area contributed by atoms with Gasteiger partial charge in [-0.25, -0.2) is 4.18 Å². The molecule has 0 amide bonds. The van der Waals surface area contributed by atoms with E-state index in [2.05, 4.69) is 15.3 Å². The van der Waals surface area contributed by atoms with E-state index >= 15 is 0 Å². The van der Waals surface area contributed by atoms with Crippen LogP contribution in [0.2, 0.25) is 0 Å². The summed E-state index contributed by atoms with van der Waals surface area (Å²) in [7, 11) is -5.46. The molecule has 14 atom stereocenters. The van der Waals surface area contributed by atoms with E-state index in [9.17, 15) is 74.2 Å². The topological polar surface area (TPSA) is 346 Å². The van der Waals surface area contributed by atoms with E-state index in [1.54, 1.807) is 0 Å². The molecule has 56 heavy (non-hydrogen) atoms. The molecule has 0 spiro atoms. The lowest BCUT2D eigenvalue weighted by molar-refractivity contribution is -0.340.